The van der Waals surface area contributed by atoms with Crippen molar-refractivity contribution >= 4 is 0 Å². The number of aliphatic hydroxyl groups excluding tert-OH is 3. The molecule has 0 aromatic heterocycles. The van der Waals surface area contributed by atoms with E-state index >= 15 is 0 Å². The van der Waals surface area contributed by atoms with Crippen LogP contribution in [0.25, 0.3) is 0 Å². The summed E-state index contributed by atoms with van der Waals surface area (Å²) < 4.78 is 0. The van der Waals surface area contributed by atoms with E-state index in [9.17, 15) is 15.3 Å². The normalized spacial score (nSPS) is 28.4. The highest BCUT2D eigenvalue weighted by Gasteiger charge is 2.49. The molecule has 5 heteroatoms. The van der Waals surface area contributed by atoms with Gasteiger partial charge in [0.15, 0.2) is 0 Å². The molecule has 1 fully saturated rings. The number of aliphatic hydroxyl groups is 3. The molecule has 20 heavy (non-hydrogen) atoms. The van der Waals surface area contributed by atoms with E-state index in [1.807, 2.05) is 0 Å². The van der Waals surface area contributed by atoms with Crippen LogP contribution in [0, 0.1) is 0 Å². The molecule has 1 aliphatic rings. The van der Waals surface area contributed by atoms with Crippen molar-refractivity contribution in [3.8, 4) is 0 Å². The number of piperidine rings is 1. The van der Waals surface area contributed by atoms with Crippen LogP contribution in [0.2, 0.25) is 0 Å². The van der Waals surface area contributed by atoms with E-state index < -0.39 is 18.7 Å². The van der Waals surface area contributed by atoms with Crippen molar-refractivity contribution in [2.24, 2.45) is 0 Å². The van der Waals surface area contributed by atoms with Crippen molar-refractivity contribution in [3.05, 3.63) is 0 Å². The lowest BCUT2D eigenvalue weighted by Crippen LogP contribution is -2.67. The molecule has 0 spiro atoms. The highest BCUT2D eigenvalue weighted by Crippen LogP contribution is 2.41. The molecular weight excluding hydrogens is 256 g/mol. The fourth-order valence-corrected chi connectivity index (χ4v) is 4.39. The lowest BCUT2D eigenvalue weighted by molar-refractivity contribution is -0.181. The average molecular weight is 288 g/mol. The summed E-state index contributed by atoms with van der Waals surface area (Å²) in [6.07, 6.45) is -0.323. The lowest BCUT2D eigenvalue weighted by atomic mass is 9.76. The van der Waals surface area contributed by atoms with Gasteiger partial charge in [-0.25, -0.2) is 0 Å². The molecule has 0 aliphatic carbocycles. The fourth-order valence-electron chi connectivity index (χ4n) is 4.39. The molecule has 1 rings (SSSR count). The predicted octanol–water partition coefficient (Wildman–Crippen LogP) is 1.32. The molecule has 0 amide bonds. The third-order valence-corrected chi connectivity index (χ3v) is 4.43. The highest BCUT2D eigenvalue weighted by atomic mass is 16.3. The monoisotopic (exact) mass is 288 g/mol. The van der Waals surface area contributed by atoms with Gasteiger partial charge in [0.05, 0.1) is 0 Å². The van der Waals surface area contributed by atoms with E-state index in [0.29, 0.717) is 0 Å². The maximum Gasteiger partial charge on any atom is 0.106 e. The molecule has 0 bridgehead atoms. The summed E-state index contributed by atoms with van der Waals surface area (Å²) in [6.45, 7) is 13.6. The largest absolute Gasteiger partial charge is 0.379 e. The van der Waals surface area contributed by atoms with Gasteiger partial charge >= 0.3 is 0 Å². The van der Waals surface area contributed by atoms with E-state index in [0.717, 1.165) is 12.8 Å². The summed E-state index contributed by atoms with van der Waals surface area (Å²) in [5.41, 5.74) is -0.411. The third-order valence-electron chi connectivity index (χ3n) is 4.43. The molecule has 0 aromatic carbocycles. The zero-order chi connectivity index (χ0) is 15.9. The molecule has 1 heterocycles. The van der Waals surface area contributed by atoms with Crippen LogP contribution in [0.15, 0.2) is 0 Å². The zero-order valence-corrected chi connectivity index (χ0v) is 14.0. The first-order valence-electron chi connectivity index (χ1n) is 7.51. The van der Waals surface area contributed by atoms with E-state index in [1.54, 1.807) is 25.7 Å². The Hall–Kier alpha value is -0.200. The van der Waals surface area contributed by atoms with Gasteiger partial charge in [-0.05, 0) is 61.3 Å². The van der Waals surface area contributed by atoms with E-state index in [-0.39, 0.29) is 17.1 Å². The van der Waals surface area contributed by atoms with Gasteiger partial charge in [-0.2, -0.15) is 0 Å². The van der Waals surface area contributed by atoms with Crippen LogP contribution in [0.5, 0.6) is 0 Å². The van der Waals surface area contributed by atoms with Crippen molar-refractivity contribution in [3.63, 3.8) is 0 Å². The Morgan fingerprint density at radius 3 is 1.50 bits per heavy atom. The van der Waals surface area contributed by atoms with Gasteiger partial charge in [-0.15, -0.1) is 0 Å². The summed E-state index contributed by atoms with van der Waals surface area (Å²) in [5.74, 6) is 0. The summed E-state index contributed by atoms with van der Waals surface area (Å²) in [7, 11) is 0. The van der Waals surface area contributed by atoms with Crippen molar-refractivity contribution in [1.29, 1.82) is 0 Å². The Morgan fingerprint density at radius 1 is 0.900 bits per heavy atom. The number of rotatable bonds is 4. The van der Waals surface area contributed by atoms with E-state index in [1.165, 1.54) is 0 Å². The first kappa shape index (κ1) is 17.9. The van der Waals surface area contributed by atoms with E-state index in [4.69, 9.17) is 0 Å². The van der Waals surface area contributed by atoms with Crippen molar-refractivity contribution in [1.82, 2.24) is 9.80 Å². The van der Waals surface area contributed by atoms with Gasteiger partial charge in [-0.1, -0.05) is 0 Å². The highest BCUT2D eigenvalue weighted by molar-refractivity contribution is 5.03. The smallest absolute Gasteiger partial charge is 0.106 e. The summed E-state index contributed by atoms with van der Waals surface area (Å²) in [4.78, 5) is 3.88. The van der Waals surface area contributed by atoms with Gasteiger partial charge < -0.3 is 15.3 Å². The third kappa shape index (κ3) is 3.52. The molecule has 1 saturated heterocycles. The van der Waals surface area contributed by atoms with Crippen molar-refractivity contribution in [2.45, 2.75) is 97.1 Å². The zero-order valence-electron chi connectivity index (χ0n) is 14.0. The number of likely N-dealkylation sites (tertiary alicyclic amines) is 1. The molecule has 0 aromatic rings. The maximum atomic E-state index is 10.1. The van der Waals surface area contributed by atoms with Crippen molar-refractivity contribution in [2.75, 3.05) is 0 Å². The van der Waals surface area contributed by atoms with Crippen LogP contribution >= 0.6 is 0 Å². The number of hydrogen-bond acceptors (Lipinski definition) is 5. The first-order valence-corrected chi connectivity index (χ1v) is 7.51. The number of nitrogens with zero attached hydrogens (tertiary/aromatic N) is 2. The Balaban J connectivity index is 3.08. The molecule has 5 nitrogen and oxygen atoms in total. The topological polar surface area (TPSA) is 67.2 Å². The number of hydrogen-bond donors (Lipinski definition) is 3. The van der Waals surface area contributed by atoms with E-state index in [2.05, 4.69) is 32.6 Å². The molecule has 3 unspecified atom stereocenters. The summed E-state index contributed by atoms with van der Waals surface area (Å²) in [6, 6.07) is 0.0787. The molecule has 0 saturated carbocycles. The van der Waals surface area contributed by atoms with Gasteiger partial charge in [0.2, 0.25) is 0 Å². The Kier molecular flexibility index (Phi) is 5.26. The second-order valence-electron chi connectivity index (χ2n) is 7.40. The van der Waals surface area contributed by atoms with Crippen LogP contribution in [-0.4, -0.2) is 60.9 Å². The average Bonchev–Trinajstić information content (AvgIpc) is 2.09. The minimum absolute atomic E-state index is 0.0787. The molecule has 3 N–H and O–H groups in total. The quantitative estimate of drug-likeness (QED) is 0.681. The molecule has 0 radical (unpaired) electrons. The standard InChI is InChI=1S/C15H32N2O3/c1-10(18)16(11(2)19)13-8-14(4,5)17(12(3)20)15(6,7)9-13/h10-13,18-20H,8-9H2,1-7H3. The Labute approximate surface area is 123 Å². The Bertz CT molecular complexity index is 301. The molecular formula is C15H32N2O3. The minimum Gasteiger partial charge on any atom is -0.379 e. The molecule has 3 atom stereocenters. The van der Waals surface area contributed by atoms with Crippen LogP contribution in [0.4, 0.5) is 0 Å². The fraction of sp³-hybridized carbons (Fsp3) is 1.00. The second-order valence-corrected chi connectivity index (χ2v) is 7.40. The van der Waals surface area contributed by atoms with Crippen LogP contribution in [-0.2, 0) is 0 Å². The first-order chi connectivity index (χ1) is 8.90. The maximum absolute atomic E-state index is 10.1. The predicted molar refractivity (Wildman–Crippen MR) is 79.9 cm³/mol. The van der Waals surface area contributed by atoms with Gasteiger partial charge in [0.25, 0.3) is 0 Å². The van der Waals surface area contributed by atoms with Crippen LogP contribution in [0.3, 0.4) is 0 Å². The SMILES string of the molecule is CC(O)N(C(C)O)C1CC(C)(C)N(C(C)O)C(C)(C)C1. The summed E-state index contributed by atoms with van der Waals surface area (Å²) in [5, 5.41) is 30.0. The van der Waals surface area contributed by atoms with Crippen molar-refractivity contribution < 1.29 is 15.3 Å². The van der Waals surface area contributed by atoms with Crippen LogP contribution < -0.4 is 0 Å². The summed E-state index contributed by atoms with van der Waals surface area (Å²) >= 11 is 0. The minimum atomic E-state index is -0.690. The van der Waals surface area contributed by atoms with Gasteiger partial charge in [0.1, 0.15) is 18.7 Å². The second kappa shape index (κ2) is 5.89. The lowest BCUT2D eigenvalue weighted by Gasteiger charge is -2.58. The molecule has 1 aliphatic heterocycles. The van der Waals surface area contributed by atoms with Crippen LogP contribution in [0.1, 0.15) is 61.3 Å². The van der Waals surface area contributed by atoms with Gasteiger partial charge in [0, 0.05) is 17.1 Å². The molecule has 120 valence electrons. The van der Waals surface area contributed by atoms with Gasteiger partial charge in [-0.3, -0.25) is 9.80 Å². The Morgan fingerprint density at radius 2 is 1.25 bits per heavy atom.